The molecule has 0 amide bonds. The Balaban J connectivity index is 3.51. The van der Waals surface area contributed by atoms with Crippen LogP contribution in [0.4, 0.5) is 0 Å². The molecule has 0 saturated heterocycles. The van der Waals surface area contributed by atoms with Gasteiger partial charge in [0.1, 0.15) is 0 Å². The van der Waals surface area contributed by atoms with E-state index in [0.717, 1.165) is 12.5 Å². The topological polar surface area (TPSA) is 37.3 Å². The Morgan fingerprint density at radius 3 is 2.50 bits per heavy atom. The summed E-state index contributed by atoms with van der Waals surface area (Å²) in [4.78, 5) is 20.4. The van der Waals surface area contributed by atoms with Gasteiger partial charge in [-0.3, -0.25) is 4.79 Å². The second kappa shape index (κ2) is 5.27. The first-order valence-electron chi connectivity index (χ1n) is 4.33. The molecule has 0 atom stereocenters. The van der Waals surface area contributed by atoms with Gasteiger partial charge in [-0.1, -0.05) is 6.08 Å². The van der Waals surface area contributed by atoms with Gasteiger partial charge in [-0.15, -0.1) is 0 Å². The SMILES string of the molecule is CC=CC(=O)CCC[Si](C)(C)O. The van der Waals surface area contributed by atoms with E-state index in [4.69, 9.17) is 0 Å². The van der Waals surface area contributed by atoms with Gasteiger partial charge in [-0.05, 0) is 38.6 Å². The highest BCUT2D eigenvalue weighted by atomic mass is 28.4. The number of allylic oxidation sites excluding steroid dienone is 2. The molecule has 0 aliphatic carbocycles. The van der Waals surface area contributed by atoms with Crippen LogP contribution in [-0.4, -0.2) is 18.9 Å². The average Bonchev–Trinajstić information content (AvgIpc) is 1.84. The predicted octanol–water partition coefficient (Wildman–Crippen LogP) is 2.11. The molecule has 0 aromatic rings. The molecular weight excluding hydrogens is 168 g/mol. The van der Waals surface area contributed by atoms with E-state index in [-0.39, 0.29) is 5.78 Å². The van der Waals surface area contributed by atoms with Crippen molar-refractivity contribution in [3.63, 3.8) is 0 Å². The minimum Gasteiger partial charge on any atom is -0.432 e. The minimum atomic E-state index is -1.92. The summed E-state index contributed by atoms with van der Waals surface area (Å²) in [6.45, 7) is 5.63. The zero-order chi connectivity index (χ0) is 9.61. The summed E-state index contributed by atoms with van der Waals surface area (Å²) < 4.78 is 0. The van der Waals surface area contributed by atoms with E-state index in [1.54, 1.807) is 12.2 Å². The Kier molecular flexibility index (Phi) is 5.09. The molecule has 0 radical (unpaired) electrons. The van der Waals surface area contributed by atoms with E-state index < -0.39 is 8.32 Å². The van der Waals surface area contributed by atoms with E-state index in [0.29, 0.717) is 6.42 Å². The largest absolute Gasteiger partial charge is 0.432 e. The maximum absolute atomic E-state index is 11.0. The van der Waals surface area contributed by atoms with Gasteiger partial charge < -0.3 is 4.80 Å². The highest BCUT2D eigenvalue weighted by Crippen LogP contribution is 2.10. The van der Waals surface area contributed by atoms with Gasteiger partial charge in [0.2, 0.25) is 0 Å². The summed E-state index contributed by atoms with van der Waals surface area (Å²) in [6.07, 6.45) is 4.73. The van der Waals surface area contributed by atoms with Crippen molar-refractivity contribution in [3.8, 4) is 0 Å². The predicted molar refractivity (Wildman–Crippen MR) is 53.6 cm³/mol. The fourth-order valence-corrected chi connectivity index (χ4v) is 2.01. The molecule has 0 rings (SSSR count). The van der Waals surface area contributed by atoms with Crippen molar-refractivity contribution >= 4 is 14.1 Å². The fraction of sp³-hybridized carbons (Fsp3) is 0.667. The maximum atomic E-state index is 11.0. The minimum absolute atomic E-state index is 0.163. The average molecular weight is 186 g/mol. The Labute approximate surface area is 75.4 Å². The molecule has 70 valence electrons. The van der Waals surface area contributed by atoms with Gasteiger partial charge in [0.05, 0.1) is 0 Å². The molecule has 0 aromatic carbocycles. The van der Waals surface area contributed by atoms with Crippen LogP contribution in [-0.2, 0) is 4.79 Å². The molecule has 0 aromatic heterocycles. The van der Waals surface area contributed by atoms with Crippen LogP contribution in [0.3, 0.4) is 0 Å². The van der Waals surface area contributed by atoms with E-state index >= 15 is 0 Å². The highest BCUT2D eigenvalue weighted by molar-refractivity contribution is 6.69. The maximum Gasteiger partial charge on any atom is 0.182 e. The van der Waals surface area contributed by atoms with Crippen LogP contribution < -0.4 is 0 Å². The Bertz CT molecular complexity index is 168. The van der Waals surface area contributed by atoms with E-state index in [1.807, 2.05) is 20.0 Å². The van der Waals surface area contributed by atoms with Crippen molar-refractivity contribution in [2.24, 2.45) is 0 Å². The smallest absolute Gasteiger partial charge is 0.182 e. The highest BCUT2D eigenvalue weighted by Gasteiger charge is 2.15. The third kappa shape index (κ3) is 7.69. The third-order valence-electron chi connectivity index (χ3n) is 1.56. The van der Waals surface area contributed by atoms with Crippen molar-refractivity contribution in [1.82, 2.24) is 0 Å². The molecule has 0 saturated carbocycles. The van der Waals surface area contributed by atoms with Crippen LogP contribution in [0.5, 0.6) is 0 Å². The summed E-state index contributed by atoms with van der Waals surface area (Å²) in [5.41, 5.74) is 0. The summed E-state index contributed by atoms with van der Waals surface area (Å²) in [6, 6.07) is 0.816. The van der Waals surface area contributed by atoms with Gasteiger partial charge in [0, 0.05) is 6.42 Å². The van der Waals surface area contributed by atoms with E-state index in [2.05, 4.69) is 0 Å². The first-order chi connectivity index (χ1) is 5.45. The second-order valence-electron chi connectivity index (χ2n) is 3.63. The lowest BCUT2D eigenvalue weighted by Crippen LogP contribution is -2.24. The fourth-order valence-electron chi connectivity index (χ4n) is 0.964. The van der Waals surface area contributed by atoms with Crippen LogP contribution >= 0.6 is 0 Å². The normalized spacial score (nSPS) is 12.3. The van der Waals surface area contributed by atoms with Crippen LogP contribution in [0.1, 0.15) is 19.8 Å². The van der Waals surface area contributed by atoms with Crippen LogP contribution in [0.2, 0.25) is 19.1 Å². The summed E-state index contributed by atoms with van der Waals surface area (Å²) >= 11 is 0. The molecular formula is C9H18O2Si. The molecule has 12 heavy (non-hydrogen) atoms. The van der Waals surface area contributed by atoms with Gasteiger partial charge in [-0.2, -0.15) is 0 Å². The van der Waals surface area contributed by atoms with E-state index in [9.17, 15) is 9.59 Å². The van der Waals surface area contributed by atoms with Crippen LogP contribution in [0.15, 0.2) is 12.2 Å². The number of carbonyl (C=O) groups excluding carboxylic acids is 1. The Hall–Kier alpha value is -0.413. The van der Waals surface area contributed by atoms with Crippen LogP contribution in [0, 0.1) is 0 Å². The van der Waals surface area contributed by atoms with Crippen LogP contribution in [0.25, 0.3) is 0 Å². The molecule has 2 nitrogen and oxygen atoms in total. The summed E-state index contributed by atoms with van der Waals surface area (Å²) in [7, 11) is -1.92. The Morgan fingerprint density at radius 1 is 1.50 bits per heavy atom. The third-order valence-corrected chi connectivity index (χ3v) is 3.14. The van der Waals surface area contributed by atoms with Gasteiger partial charge in [0.25, 0.3) is 0 Å². The summed E-state index contributed by atoms with van der Waals surface area (Å²) in [5, 5.41) is 0. The molecule has 0 bridgehead atoms. The number of carbonyl (C=O) groups is 1. The molecule has 0 fully saturated rings. The quantitative estimate of drug-likeness (QED) is 0.527. The lowest BCUT2D eigenvalue weighted by atomic mass is 10.2. The zero-order valence-electron chi connectivity index (χ0n) is 8.13. The summed E-state index contributed by atoms with van der Waals surface area (Å²) in [5.74, 6) is 0.163. The van der Waals surface area contributed by atoms with Crippen molar-refractivity contribution in [1.29, 1.82) is 0 Å². The lowest BCUT2D eigenvalue weighted by Gasteiger charge is -2.12. The molecule has 0 aliphatic rings. The molecule has 0 unspecified atom stereocenters. The van der Waals surface area contributed by atoms with Crippen molar-refractivity contribution in [3.05, 3.63) is 12.2 Å². The monoisotopic (exact) mass is 186 g/mol. The van der Waals surface area contributed by atoms with Gasteiger partial charge >= 0.3 is 0 Å². The molecule has 0 heterocycles. The molecule has 0 spiro atoms. The first kappa shape index (κ1) is 11.6. The number of hydrogen-bond donors (Lipinski definition) is 1. The van der Waals surface area contributed by atoms with Gasteiger partial charge in [0.15, 0.2) is 14.1 Å². The first-order valence-corrected chi connectivity index (χ1v) is 7.49. The number of rotatable bonds is 5. The van der Waals surface area contributed by atoms with Crippen molar-refractivity contribution in [2.75, 3.05) is 0 Å². The molecule has 1 N–H and O–H groups in total. The Morgan fingerprint density at radius 2 is 2.08 bits per heavy atom. The number of hydrogen-bond acceptors (Lipinski definition) is 2. The second-order valence-corrected chi connectivity index (χ2v) is 7.76. The molecule has 3 heteroatoms. The zero-order valence-corrected chi connectivity index (χ0v) is 9.13. The number of ketones is 1. The standard InChI is InChI=1S/C9H18O2Si/c1-4-6-9(10)7-5-8-12(2,3)11/h4,6,11H,5,7-8H2,1-3H3. The van der Waals surface area contributed by atoms with Crippen molar-refractivity contribution < 1.29 is 9.59 Å². The lowest BCUT2D eigenvalue weighted by molar-refractivity contribution is -0.114. The molecule has 0 aliphatic heterocycles. The van der Waals surface area contributed by atoms with Crippen molar-refractivity contribution in [2.45, 2.75) is 38.9 Å². The van der Waals surface area contributed by atoms with Gasteiger partial charge in [-0.25, -0.2) is 0 Å². The van der Waals surface area contributed by atoms with E-state index in [1.165, 1.54) is 0 Å².